The van der Waals surface area contributed by atoms with E-state index in [1.165, 1.54) is 36.7 Å². The molecule has 10 heteroatoms. The number of hydrogen-bond acceptors (Lipinski definition) is 6. The van der Waals surface area contributed by atoms with Crippen LogP contribution in [0.15, 0.2) is 70.3 Å². The number of sulfonamides is 1. The Bertz CT molecular complexity index is 1120. The Morgan fingerprint density at radius 3 is 2.47 bits per heavy atom. The predicted molar refractivity (Wildman–Crippen MR) is 117 cm³/mol. The molecule has 0 aliphatic heterocycles. The second kappa shape index (κ2) is 9.68. The van der Waals surface area contributed by atoms with Crippen molar-refractivity contribution in [3.8, 4) is 5.75 Å². The minimum atomic E-state index is -3.83. The SMILES string of the molecule is CCc1cc(Br)ccc1OCC(=O)Nc1ccc(S(=O)(=O)Nc2ncccn2)cc1. The summed E-state index contributed by atoms with van der Waals surface area (Å²) in [4.78, 5) is 19.9. The maximum Gasteiger partial charge on any atom is 0.264 e. The van der Waals surface area contributed by atoms with Gasteiger partial charge in [0.05, 0.1) is 4.90 Å². The van der Waals surface area contributed by atoms with Crippen LogP contribution >= 0.6 is 15.9 Å². The molecule has 1 heterocycles. The van der Waals surface area contributed by atoms with Gasteiger partial charge in [-0.25, -0.2) is 23.1 Å². The minimum absolute atomic E-state index is 0.0200. The standard InChI is InChI=1S/C20H19BrN4O4S/c1-2-14-12-15(21)4-9-18(14)29-13-19(26)24-16-5-7-17(8-6-16)30(27,28)25-20-22-10-3-11-23-20/h3-12H,2,13H2,1H3,(H,24,26)(H,22,23,25). The third-order valence-corrected chi connectivity index (χ3v) is 5.84. The van der Waals surface area contributed by atoms with Crippen molar-refractivity contribution in [2.24, 2.45) is 0 Å². The van der Waals surface area contributed by atoms with E-state index in [0.717, 1.165) is 16.5 Å². The maximum absolute atomic E-state index is 12.4. The minimum Gasteiger partial charge on any atom is -0.483 e. The lowest BCUT2D eigenvalue weighted by Gasteiger charge is -2.11. The number of carbonyl (C=O) groups is 1. The third-order valence-electron chi connectivity index (χ3n) is 4.00. The number of hydrogen-bond donors (Lipinski definition) is 2. The van der Waals surface area contributed by atoms with Gasteiger partial charge in [0.15, 0.2) is 6.61 Å². The molecule has 0 radical (unpaired) electrons. The highest BCUT2D eigenvalue weighted by Crippen LogP contribution is 2.24. The molecule has 156 valence electrons. The largest absolute Gasteiger partial charge is 0.483 e. The van der Waals surface area contributed by atoms with E-state index in [1.807, 2.05) is 19.1 Å². The number of rotatable bonds is 8. The molecule has 1 amide bonds. The smallest absolute Gasteiger partial charge is 0.264 e. The van der Waals surface area contributed by atoms with Crippen LogP contribution in [-0.4, -0.2) is 30.9 Å². The van der Waals surface area contributed by atoms with Gasteiger partial charge in [0, 0.05) is 22.6 Å². The number of benzene rings is 2. The summed E-state index contributed by atoms with van der Waals surface area (Å²) >= 11 is 3.41. The Kier molecular flexibility index (Phi) is 7.01. The fraction of sp³-hybridized carbons (Fsp3) is 0.150. The lowest BCUT2D eigenvalue weighted by Crippen LogP contribution is -2.20. The van der Waals surface area contributed by atoms with Crippen LogP contribution in [0.4, 0.5) is 11.6 Å². The van der Waals surface area contributed by atoms with Gasteiger partial charge >= 0.3 is 0 Å². The maximum atomic E-state index is 12.4. The van der Waals surface area contributed by atoms with E-state index in [4.69, 9.17) is 4.74 Å². The highest BCUT2D eigenvalue weighted by atomic mass is 79.9. The molecule has 0 aliphatic carbocycles. The van der Waals surface area contributed by atoms with Crippen LogP contribution in [0.5, 0.6) is 5.75 Å². The first-order valence-corrected chi connectivity index (χ1v) is 11.3. The summed E-state index contributed by atoms with van der Waals surface area (Å²) in [5.41, 5.74) is 1.44. The van der Waals surface area contributed by atoms with Gasteiger partial charge in [-0.1, -0.05) is 22.9 Å². The zero-order valence-electron chi connectivity index (χ0n) is 16.0. The van der Waals surface area contributed by atoms with Crippen molar-refractivity contribution in [3.05, 3.63) is 71.0 Å². The fourth-order valence-electron chi connectivity index (χ4n) is 2.55. The molecule has 3 aromatic rings. The average molecular weight is 491 g/mol. The van der Waals surface area contributed by atoms with Gasteiger partial charge in [-0.15, -0.1) is 0 Å². The molecule has 3 rings (SSSR count). The lowest BCUT2D eigenvalue weighted by atomic mass is 10.1. The average Bonchev–Trinajstić information content (AvgIpc) is 2.73. The van der Waals surface area contributed by atoms with E-state index in [-0.39, 0.29) is 23.4 Å². The van der Waals surface area contributed by atoms with E-state index < -0.39 is 10.0 Å². The summed E-state index contributed by atoms with van der Waals surface area (Å²) in [6.07, 6.45) is 3.64. The number of anilines is 2. The summed E-state index contributed by atoms with van der Waals surface area (Å²) in [5, 5.41) is 2.68. The number of aryl methyl sites for hydroxylation is 1. The lowest BCUT2D eigenvalue weighted by molar-refractivity contribution is -0.118. The van der Waals surface area contributed by atoms with Gasteiger partial charge in [0.2, 0.25) is 5.95 Å². The molecular weight excluding hydrogens is 472 g/mol. The Hall–Kier alpha value is -2.98. The molecule has 0 saturated carbocycles. The second-order valence-corrected chi connectivity index (χ2v) is 8.74. The Balaban J connectivity index is 1.59. The number of nitrogens with zero attached hydrogens (tertiary/aromatic N) is 2. The molecule has 8 nitrogen and oxygen atoms in total. The Labute approximate surface area is 182 Å². The van der Waals surface area contributed by atoms with E-state index in [9.17, 15) is 13.2 Å². The van der Waals surface area contributed by atoms with Crippen molar-refractivity contribution in [2.75, 3.05) is 16.6 Å². The summed E-state index contributed by atoms with van der Waals surface area (Å²) in [7, 11) is -3.83. The molecule has 0 fully saturated rings. The van der Waals surface area contributed by atoms with Gasteiger partial charge in [-0.2, -0.15) is 0 Å². The van der Waals surface area contributed by atoms with Gasteiger partial charge in [0.1, 0.15) is 5.75 Å². The number of nitrogens with one attached hydrogen (secondary N) is 2. The first-order valence-electron chi connectivity index (χ1n) is 8.98. The van der Waals surface area contributed by atoms with Crippen LogP contribution in [0.3, 0.4) is 0 Å². The van der Waals surface area contributed by atoms with Gasteiger partial charge in [-0.05, 0) is 60.5 Å². The van der Waals surface area contributed by atoms with E-state index in [1.54, 1.807) is 12.1 Å². The number of aromatic nitrogens is 2. The van der Waals surface area contributed by atoms with Gasteiger partial charge in [-0.3, -0.25) is 4.79 Å². The van der Waals surface area contributed by atoms with Crippen LogP contribution < -0.4 is 14.8 Å². The zero-order chi connectivity index (χ0) is 21.6. The van der Waals surface area contributed by atoms with Gasteiger partial charge < -0.3 is 10.1 Å². The molecular formula is C20H19BrN4O4S. The summed E-state index contributed by atoms with van der Waals surface area (Å²) in [5.74, 6) is 0.268. The van der Waals surface area contributed by atoms with Crippen LogP contribution in [0.25, 0.3) is 0 Å². The van der Waals surface area contributed by atoms with Crippen LogP contribution in [0.2, 0.25) is 0 Å². The second-order valence-electron chi connectivity index (χ2n) is 6.14. The van der Waals surface area contributed by atoms with Crippen LogP contribution in [-0.2, 0) is 21.2 Å². The highest BCUT2D eigenvalue weighted by molar-refractivity contribution is 9.10. The van der Waals surface area contributed by atoms with E-state index in [2.05, 4.69) is 35.9 Å². The number of carbonyl (C=O) groups excluding carboxylic acids is 1. The topological polar surface area (TPSA) is 110 Å². The molecule has 2 aromatic carbocycles. The van der Waals surface area contributed by atoms with Crippen molar-refractivity contribution in [2.45, 2.75) is 18.2 Å². The molecule has 2 N–H and O–H groups in total. The molecule has 0 atom stereocenters. The molecule has 0 spiro atoms. The summed E-state index contributed by atoms with van der Waals surface area (Å²) in [6, 6.07) is 12.9. The molecule has 0 bridgehead atoms. The predicted octanol–water partition coefficient (Wildman–Crippen LogP) is 3.62. The Morgan fingerprint density at radius 2 is 1.80 bits per heavy atom. The summed E-state index contributed by atoms with van der Waals surface area (Å²) in [6.45, 7) is 1.84. The zero-order valence-corrected chi connectivity index (χ0v) is 18.4. The van der Waals surface area contributed by atoms with Crippen LogP contribution in [0.1, 0.15) is 12.5 Å². The molecule has 0 aliphatic rings. The molecule has 1 aromatic heterocycles. The summed E-state index contributed by atoms with van der Waals surface area (Å²) < 4.78 is 33.6. The first-order chi connectivity index (χ1) is 14.4. The normalized spacial score (nSPS) is 11.0. The van der Waals surface area contributed by atoms with Crippen molar-refractivity contribution < 1.29 is 17.9 Å². The number of amides is 1. The van der Waals surface area contributed by atoms with E-state index in [0.29, 0.717) is 11.4 Å². The van der Waals surface area contributed by atoms with E-state index >= 15 is 0 Å². The molecule has 0 saturated heterocycles. The first kappa shape index (κ1) is 21.7. The number of halogens is 1. The van der Waals surface area contributed by atoms with Crippen molar-refractivity contribution in [3.63, 3.8) is 0 Å². The quantitative estimate of drug-likeness (QED) is 0.498. The third kappa shape index (κ3) is 5.77. The Morgan fingerprint density at radius 1 is 1.10 bits per heavy atom. The van der Waals surface area contributed by atoms with Crippen molar-refractivity contribution in [1.29, 1.82) is 0 Å². The fourth-order valence-corrected chi connectivity index (χ4v) is 3.92. The highest BCUT2D eigenvalue weighted by Gasteiger charge is 2.15. The van der Waals surface area contributed by atoms with Crippen LogP contribution in [0, 0.1) is 0 Å². The number of ether oxygens (including phenoxy) is 1. The molecule has 30 heavy (non-hydrogen) atoms. The van der Waals surface area contributed by atoms with Gasteiger partial charge in [0.25, 0.3) is 15.9 Å². The monoisotopic (exact) mass is 490 g/mol. The van der Waals surface area contributed by atoms with Crippen molar-refractivity contribution in [1.82, 2.24) is 9.97 Å². The van der Waals surface area contributed by atoms with Crippen molar-refractivity contribution >= 4 is 43.5 Å². The molecule has 0 unspecified atom stereocenters.